The van der Waals surface area contributed by atoms with Crippen LogP contribution >= 0.6 is 12.4 Å². The Morgan fingerprint density at radius 2 is 1.90 bits per heavy atom. The molecule has 5 nitrogen and oxygen atoms in total. The van der Waals surface area contributed by atoms with Crippen LogP contribution in [0.5, 0.6) is 5.75 Å². The van der Waals surface area contributed by atoms with Crippen molar-refractivity contribution in [2.75, 3.05) is 44.7 Å². The lowest BCUT2D eigenvalue weighted by Crippen LogP contribution is -2.47. The largest absolute Gasteiger partial charge is 0.495 e. The fourth-order valence-electron chi connectivity index (χ4n) is 2.37. The molecule has 6 heteroatoms. The van der Waals surface area contributed by atoms with Crippen molar-refractivity contribution in [3.05, 3.63) is 24.3 Å². The van der Waals surface area contributed by atoms with Gasteiger partial charge in [-0.15, -0.1) is 12.4 Å². The second-order valence-electron chi connectivity index (χ2n) is 4.72. The lowest BCUT2D eigenvalue weighted by atomic mass is 10.2. The fraction of sp³-hybridized carbons (Fsp3) is 0.500. The van der Waals surface area contributed by atoms with E-state index in [1.54, 1.807) is 7.11 Å². The predicted octanol–water partition coefficient (Wildman–Crippen LogP) is 1.11. The Morgan fingerprint density at radius 1 is 1.25 bits per heavy atom. The highest BCUT2D eigenvalue weighted by molar-refractivity contribution is 5.85. The van der Waals surface area contributed by atoms with Crippen LogP contribution in [0, 0.1) is 0 Å². The Morgan fingerprint density at radius 3 is 2.50 bits per heavy atom. The number of carbonyl (C=O) groups is 1. The van der Waals surface area contributed by atoms with E-state index in [9.17, 15) is 4.79 Å². The summed E-state index contributed by atoms with van der Waals surface area (Å²) >= 11 is 0. The molecule has 1 aromatic carbocycles. The highest BCUT2D eigenvalue weighted by atomic mass is 35.5. The quantitative estimate of drug-likeness (QED) is 0.885. The lowest BCUT2D eigenvalue weighted by Gasteiger charge is -2.36. The molecule has 1 fully saturated rings. The Labute approximate surface area is 126 Å². The van der Waals surface area contributed by atoms with Crippen molar-refractivity contribution >= 4 is 24.0 Å². The topological polar surface area (TPSA) is 58.8 Å². The van der Waals surface area contributed by atoms with Crippen LogP contribution in [-0.4, -0.2) is 50.6 Å². The number of para-hydroxylation sites is 2. The zero-order chi connectivity index (χ0) is 13.7. The summed E-state index contributed by atoms with van der Waals surface area (Å²) in [5.41, 5.74) is 6.31. The standard InChI is InChI=1S/C14H21N3O2.ClH/c1-19-13-5-3-2-4-12(13)17-10-8-16(9-11-17)7-6-14(15)18;/h2-5H,6-11H2,1H3,(H2,15,18);1H. The van der Waals surface area contributed by atoms with E-state index in [0.717, 1.165) is 44.2 Å². The van der Waals surface area contributed by atoms with E-state index in [1.807, 2.05) is 18.2 Å². The SMILES string of the molecule is COc1ccccc1N1CCN(CCC(N)=O)CC1.Cl. The van der Waals surface area contributed by atoms with Crippen molar-refractivity contribution in [2.45, 2.75) is 6.42 Å². The first-order chi connectivity index (χ1) is 9.20. The van der Waals surface area contributed by atoms with Gasteiger partial charge in [0.05, 0.1) is 12.8 Å². The molecule has 0 saturated carbocycles. The molecule has 2 rings (SSSR count). The summed E-state index contributed by atoms with van der Waals surface area (Å²) in [6.45, 7) is 4.55. The summed E-state index contributed by atoms with van der Waals surface area (Å²) in [7, 11) is 1.70. The molecule has 0 spiro atoms. The van der Waals surface area contributed by atoms with Crippen molar-refractivity contribution in [3.8, 4) is 5.75 Å². The van der Waals surface area contributed by atoms with Gasteiger partial charge in [-0.05, 0) is 12.1 Å². The zero-order valence-electron chi connectivity index (χ0n) is 11.7. The van der Waals surface area contributed by atoms with Crippen molar-refractivity contribution in [1.29, 1.82) is 0 Å². The number of anilines is 1. The third kappa shape index (κ3) is 4.28. The number of hydrogen-bond acceptors (Lipinski definition) is 4. The molecule has 0 aliphatic carbocycles. The van der Waals surface area contributed by atoms with Crippen LogP contribution in [-0.2, 0) is 4.79 Å². The molecule has 1 saturated heterocycles. The van der Waals surface area contributed by atoms with Gasteiger partial charge in [0.25, 0.3) is 0 Å². The number of nitrogens with two attached hydrogens (primary N) is 1. The van der Waals surface area contributed by atoms with Crippen LogP contribution in [0.25, 0.3) is 0 Å². The molecule has 0 aromatic heterocycles. The number of rotatable bonds is 5. The molecule has 112 valence electrons. The summed E-state index contributed by atoms with van der Waals surface area (Å²) in [5.74, 6) is 0.681. The highest BCUT2D eigenvalue weighted by Gasteiger charge is 2.19. The molecule has 1 aliphatic heterocycles. The number of nitrogens with zero attached hydrogens (tertiary/aromatic N) is 2. The van der Waals surface area contributed by atoms with Crippen molar-refractivity contribution in [2.24, 2.45) is 5.73 Å². The Bertz CT molecular complexity index is 434. The number of benzene rings is 1. The van der Waals surface area contributed by atoms with E-state index in [2.05, 4.69) is 15.9 Å². The molecule has 0 atom stereocenters. The summed E-state index contributed by atoms with van der Waals surface area (Å²) in [6, 6.07) is 8.06. The van der Waals surface area contributed by atoms with Gasteiger partial charge in [-0.25, -0.2) is 0 Å². The van der Waals surface area contributed by atoms with Gasteiger partial charge in [-0.3, -0.25) is 9.69 Å². The van der Waals surface area contributed by atoms with E-state index >= 15 is 0 Å². The molecule has 2 N–H and O–H groups in total. The third-order valence-corrected chi connectivity index (χ3v) is 3.47. The molecule has 0 unspecified atom stereocenters. The minimum absolute atomic E-state index is 0. The van der Waals surface area contributed by atoms with Gasteiger partial charge in [0.15, 0.2) is 0 Å². The van der Waals surface area contributed by atoms with Crippen LogP contribution < -0.4 is 15.4 Å². The maximum Gasteiger partial charge on any atom is 0.218 e. The van der Waals surface area contributed by atoms with E-state index in [1.165, 1.54) is 0 Å². The van der Waals surface area contributed by atoms with E-state index < -0.39 is 0 Å². The first-order valence-corrected chi connectivity index (χ1v) is 6.59. The van der Waals surface area contributed by atoms with Gasteiger partial charge in [-0.2, -0.15) is 0 Å². The number of ether oxygens (including phenoxy) is 1. The van der Waals surface area contributed by atoms with Crippen LogP contribution in [0.3, 0.4) is 0 Å². The normalized spacial score (nSPS) is 15.6. The van der Waals surface area contributed by atoms with Crippen molar-refractivity contribution in [1.82, 2.24) is 4.90 Å². The van der Waals surface area contributed by atoms with Gasteiger partial charge in [0.2, 0.25) is 5.91 Å². The van der Waals surface area contributed by atoms with Crippen LogP contribution in [0.1, 0.15) is 6.42 Å². The molecule has 1 aliphatic rings. The minimum atomic E-state index is -0.229. The molecule has 20 heavy (non-hydrogen) atoms. The summed E-state index contributed by atoms with van der Waals surface area (Å²) in [5, 5.41) is 0. The number of primary amides is 1. The van der Waals surface area contributed by atoms with Crippen molar-refractivity contribution < 1.29 is 9.53 Å². The number of halogens is 1. The van der Waals surface area contributed by atoms with Crippen molar-refractivity contribution in [3.63, 3.8) is 0 Å². The van der Waals surface area contributed by atoms with E-state index in [-0.39, 0.29) is 18.3 Å². The minimum Gasteiger partial charge on any atom is -0.495 e. The van der Waals surface area contributed by atoms with Gasteiger partial charge in [0.1, 0.15) is 5.75 Å². The maximum atomic E-state index is 10.8. The molecular weight excluding hydrogens is 278 g/mol. The summed E-state index contributed by atoms with van der Waals surface area (Å²) in [6.07, 6.45) is 0.439. The third-order valence-electron chi connectivity index (χ3n) is 3.47. The summed E-state index contributed by atoms with van der Waals surface area (Å²) in [4.78, 5) is 15.4. The number of amides is 1. The van der Waals surface area contributed by atoms with Gasteiger partial charge < -0.3 is 15.4 Å². The number of piperazine rings is 1. The van der Waals surface area contributed by atoms with Crippen LogP contribution in [0.15, 0.2) is 24.3 Å². The Kier molecular flexibility index (Phi) is 6.61. The van der Waals surface area contributed by atoms with E-state index in [0.29, 0.717) is 6.42 Å². The van der Waals surface area contributed by atoms with Gasteiger partial charge in [0, 0.05) is 39.1 Å². The highest BCUT2D eigenvalue weighted by Crippen LogP contribution is 2.28. The second-order valence-corrected chi connectivity index (χ2v) is 4.72. The summed E-state index contributed by atoms with van der Waals surface area (Å²) < 4.78 is 5.39. The molecule has 1 aromatic rings. The number of methoxy groups -OCH3 is 1. The average Bonchev–Trinajstić information content (AvgIpc) is 2.45. The monoisotopic (exact) mass is 299 g/mol. The predicted molar refractivity (Wildman–Crippen MR) is 82.7 cm³/mol. The van der Waals surface area contributed by atoms with Gasteiger partial charge in [-0.1, -0.05) is 12.1 Å². The lowest BCUT2D eigenvalue weighted by molar-refractivity contribution is -0.118. The smallest absolute Gasteiger partial charge is 0.218 e. The van der Waals surface area contributed by atoms with E-state index in [4.69, 9.17) is 10.5 Å². The molecule has 1 heterocycles. The number of hydrogen-bond donors (Lipinski definition) is 1. The molecule has 0 radical (unpaired) electrons. The zero-order valence-corrected chi connectivity index (χ0v) is 12.6. The second kappa shape index (κ2) is 7.97. The molecule has 1 amide bonds. The maximum absolute atomic E-state index is 10.8. The molecule has 0 bridgehead atoms. The van der Waals surface area contributed by atoms with Crippen LogP contribution in [0.4, 0.5) is 5.69 Å². The number of carbonyl (C=O) groups excluding carboxylic acids is 1. The van der Waals surface area contributed by atoms with Crippen LogP contribution in [0.2, 0.25) is 0 Å². The first-order valence-electron chi connectivity index (χ1n) is 6.59. The van der Waals surface area contributed by atoms with Gasteiger partial charge >= 0.3 is 0 Å². The average molecular weight is 300 g/mol. The first kappa shape index (κ1) is 16.6. The fourth-order valence-corrected chi connectivity index (χ4v) is 2.37. The Balaban J connectivity index is 0.00000200. The Hall–Kier alpha value is -1.46. The molecular formula is C14H22ClN3O2.